The van der Waals surface area contributed by atoms with Crippen molar-refractivity contribution in [3.63, 3.8) is 0 Å². The molecule has 0 atom stereocenters. The number of fused-ring (bicyclic) bond motifs is 1. The summed E-state index contributed by atoms with van der Waals surface area (Å²) in [6.07, 6.45) is 1.57. The molecule has 0 fully saturated rings. The number of aromatic nitrogens is 3. The van der Waals surface area contributed by atoms with Crippen LogP contribution in [0, 0.1) is 12.7 Å². The number of rotatable bonds is 5. The van der Waals surface area contributed by atoms with Gasteiger partial charge in [0.25, 0.3) is 5.91 Å². The number of amides is 1. The fourth-order valence-corrected chi connectivity index (χ4v) is 3.45. The van der Waals surface area contributed by atoms with Crippen LogP contribution in [0.4, 0.5) is 4.39 Å². The molecule has 152 valence electrons. The van der Waals surface area contributed by atoms with E-state index >= 15 is 0 Å². The molecule has 0 unspecified atom stereocenters. The summed E-state index contributed by atoms with van der Waals surface area (Å²) in [6.45, 7) is 2.16. The van der Waals surface area contributed by atoms with Crippen molar-refractivity contribution in [3.8, 4) is 5.88 Å². The lowest BCUT2D eigenvalue weighted by atomic mass is 10.0. The van der Waals surface area contributed by atoms with Gasteiger partial charge < -0.3 is 10.0 Å². The Morgan fingerprint density at radius 1 is 1.13 bits per heavy atom. The van der Waals surface area contributed by atoms with Gasteiger partial charge in [-0.1, -0.05) is 48.5 Å². The number of hydrogen-bond acceptors (Lipinski definition) is 4. The Labute approximate surface area is 173 Å². The first-order valence-corrected chi connectivity index (χ1v) is 9.54. The molecule has 2 aromatic heterocycles. The monoisotopic (exact) mass is 404 g/mol. The van der Waals surface area contributed by atoms with E-state index < -0.39 is 0 Å². The number of aromatic hydroxyl groups is 1. The smallest absolute Gasteiger partial charge is 0.259 e. The van der Waals surface area contributed by atoms with Crippen molar-refractivity contribution in [1.29, 1.82) is 0 Å². The Hall–Kier alpha value is -3.74. The van der Waals surface area contributed by atoms with E-state index in [4.69, 9.17) is 0 Å². The summed E-state index contributed by atoms with van der Waals surface area (Å²) in [4.78, 5) is 19.0. The zero-order chi connectivity index (χ0) is 21.3. The molecule has 0 aliphatic heterocycles. The second-order valence-corrected chi connectivity index (χ2v) is 7.21. The van der Waals surface area contributed by atoms with Crippen LogP contribution in [-0.4, -0.2) is 37.6 Å². The Bertz CT molecular complexity index is 1220. The molecule has 2 heterocycles. The molecule has 4 aromatic rings. The van der Waals surface area contributed by atoms with Crippen LogP contribution in [0.2, 0.25) is 0 Å². The summed E-state index contributed by atoms with van der Waals surface area (Å²) >= 11 is 0. The molecule has 1 amide bonds. The molecule has 0 bridgehead atoms. The predicted molar refractivity (Wildman–Crippen MR) is 111 cm³/mol. The first kappa shape index (κ1) is 19.6. The molecule has 6 nitrogen and oxygen atoms in total. The maximum atomic E-state index is 14.1. The molecule has 7 heteroatoms. The van der Waals surface area contributed by atoms with Crippen LogP contribution in [0.25, 0.3) is 5.65 Å². The predicted octanol–water partition coefficient (Wildman–Crippen LogP) is 3.75. The highest BCUT2D eigenvalue weighted by Crippen LogP contribution is 2.26. The highest BCUT2D eigenvalue weighted by atomic mass is 19.1. The van der Waals surface area contributed by atoms with Crippen molar-refractivity contribution in [3.05, 3.63) is 94.6 Å². The van der Waals surface area contributed by atoms with E-state index in [1.54, 1.807) is 37.1 Å². The van der Waals surface area contributed by atoms with Crippen LogP contribution >= 0.6 is 0 Å². The lowest BCUT2D eigenvalue weighted by Gasteiger charge is -2.17. The van der Waals surface area contributed by atoms with Gasteiger partial charge in [0.1, 0.15) is 11.4 Å². The first-order chi connectivity index (χ1) is 14.5. The summed E-state index contributed by atoms with van der Waals surface area (Å²) in [6, 6.07) is 16.0. The Kier molecular flexibility index (Phi) is 5.18. The molecule has 2 aromatic carbocycles. The highest BCUT2D eigenvalue weighted by Gasteiger charge is 2.22. The standard InChI is InChI=1S/C23H21FN4O2/c1-15-18(12-17-10-6-7-11-20(17)24)23(30)28-21(26-15)19(13-25-28)22(29)27(2)14-16-8-4-3-5-9-16/h3-11,13,30H,12,14H2,1-2H3. The maximum Gasteiger partial charge on any atom is 0.259 e. The van der Waals surface area contributed by atoms with Crippen molar-refractivity contribution < 1.29 is 14.3 Å². The second kappa shape index (κ2) is 7.94. The number of halogens is 1. The van der Waals surface area contributed by atoms with Gasteiger partial charge in [0, 0.05) is 31.3 Å². The van der Waals surface area contributed by atoms with E-state index in [-0.39, 0.29) is 29.7 Å². The third kappa shape index (κ3) is 3.61. The Balaban J connectivity index is 1.67. The molecule has 4 rings (SSSR count). The van der Waals surface area contributed by atoms with Gasteiger partial charge in [0.15, 0.2) is 5.65 Å². The number of hydrogen-bond donors (Lipinski definition) is 1. The van der Waals surface area contributed by atoms with E-state index in [9.17, 15) is 14.3 Å². The fraction of sp³-hybridized carbons (Fsp3) is 0.174. The SMILES string of the molecule is Cc1nc2c(C(=O)N(C)Cc3ccccc3)cnn2c(O)c1Cc1ccccc1F. The molecule has 0 aliphatic rings. The average molecular weight is 404 g/mol. The molecular weight excluding hydrogens is 383 g/mol. The van der Waals surface area contributed by atoms with Crippen LogP contribution in [0.15, 0.2) is 60.8 Å². The fourth-order valence-electron chi connectivity index (χ4n) is 3.45. The summed E-state index contributed by atoms with van der Waals surface area (Å²) in [5, 5.41) is 14.9. The third-order valence-corrected chi connectivity index (χ3v) is 5.09. The number of carbonyl (C=O) groups is 1. The van der Waals surface area contributed by atoms with Crippen molar-refractivity contribution in [2.45, 2.75) is 19.9 Å². The van der Waals surface area contributed by atoms with Gasteiger partial charge in [-0.15, -0.1) is 0 Å². The Morgan fingerprint density at radius 2 is 1.83 bits per heavy atom. The molecule has 0 saturated heterocycles. The van der Waals surface area contributed by atoms with Gasteiger partial charge >= 0.3 is 0 Å². The average Bonchev–Trinajstić information content (AvgIpc) is 3.16. The van der Waals surface area contributed by atoms with Gasteiger partial charge in [-0.3, -0.25) is 4.79 Å². The van der Waals surface area contributed by atoms with Crippen LogP contribution < -0.4 is 0 Å². The minimum Gasteiger partial charge on any atom is -0.493 e. The van der Waals surface area contributed by atoms with E-state index in [1.807, 2.05) is 30.3 Å². The first-order valence-electron chi connectivity index (χ1n) is 9.54. The number of nitrogens with zero attached hydrogens (tertiary/aromatic N) is 4. The molecule has 0 spiro atoms. The normalized spacial score (nSPS) is 11.0. The van der Waals surface area contributed by atoms with Crippen LogP contribution in [0.5, 0.6) is 5.88 Å². The van der Waals surface area contributed by atoms with Crippen molar-refractivity contribution >= 4 is 11.6 Å². The topological polar surface area (TPSA) is 70.7 Å². The van der Waals surface area contributed by atoms with Gasteiger partial charge in [-0.2, -0.15) is 9.61 Å². The van der Waals surface area contributed by atoms with Gasteiger partial charge in [0.05, 0.1) is 6.20 Å². The largest absolute Gasteiger partial charge is 0.493 e. The highest BCUT2D eigenvalue weighted by molar-refractivity contribution is 5.99. The maximum absolute atomic E-state index is 14.1. The van der Waals surface area contributed by atoms with E-state index in [0.29, 0.717) is 28.9 Å². The summed E-state index contributed by atoms with van der Waals surface area (Å²) in [5.74, 6) is -0.747. The molecule has 0 radical (unpaired) electrons. The summed E-state index contributed by atoms with van der Waals surface area (Å²) in [5.41, 5.74) is 3.00. The lowest BCUT2D eigenvalue weighted by molar-refractivity contribution is 0.0787. The molecule has 30 heavy (non-hydrogen) atoms. The lowest BCUT2D eigenvalue weighted by Crippen LogP contribution is -2.26. The van der Waals surface area contributed by atoms with Gasteiger partial charge in [-0.25, -0.2) is 9.37 Å². The quantitative estimate of drug-likeness (QED) is 0.550. The zero-order valence-corrected chi connectivity index (χ0v) is 16.7. The number of benzene rings is 2. The zero-order valence-electron chi connectivity index (χ0n) is 16.7. The number of carbonyl (C=O) groups excluding carboxylic acids is 1. The summed E-state index contributed by atoms with van der Waals surface area (Å²) < 4.78 is 15.3. The minimum absolute atomic E-state index is 0.148. The van der Waals surface area contributed by atoms with E-state index in [0.717, 1.165) is 5.56 Å². The molecule has 0 aliphatic carbocycles. The van der Waals surface area contributed by atoms with Crippen molar-refractivity contribution in [2.24, 2.45) is 0 Å². The second-order valence-electron chi connectivity index (χ2n) is 7.21. The van der Waals surface area contributed by atoms with E-state index in [2.05, 4.69) is 10.1 Å². The van der Waals surface area contributed by atoms with Crippen LogP contribution in [0.3, 0.4) is 0 Å². The molecule has 1 N–H and O–H groups in total. The molecule has 0 saturated carbocycles. The Morgan fingerprint density at radius 3 is 2.57 bits per heavy atom. The molecular formula is C23H21FN4O2. The van der Waals surface area contributed by atoms with Crippen LogP contribution in [-0.2, 0) is 13.0 Å². The van der Waals surface area contributed by atoms with Crippen LogP contribution in [0.1, 0.15) is 32.7 Å². The minimum atomic E-state index is -0.352. The van der Waals surface area contributed by atoms with Gasteiger partial charge in [0.2, 0.25) is 5.88 Å². The van der Waals surface area contributed by atoms with E-state index in [1.165, 1.54) is 16.8 Å². The number of aryl methyl sites for hydroxylation is 1. The summed E-state index contributed by atoms with van der Waals surface area (Å²) in [7, 11) is 1.71. The third-order valence-electron chi connectivity index (χ3n) is 5.09. The van der Waals surface area contributed by atoms with Gasteiger partial charge in [-0.05, 0) is 24.1 Å². The van der Waals surface area contributed by atoms with Crippen molar-refractivity contribution in [2.75, 3.05) is 7.05 Å². The van der Waals surface area contributed by atoms with Crippen molar-refractivity contribution in [1.82, 2.24) is 19.5 Å².